The van der Waals surface area contributed by atoms with E-state index in [0.29, 0.717) is 0 Å². The van der Waals surface area contributed by atoms with Crippen LogP contribution in [0.3, 0.4) is 0 Å². The summed E-state index contributed by atoms with van der Waals surface area (Å²) in [4.78, 5) is 8.10. The minimum Gasteiger partial charge on any atom is -0.366 e. The first-order chi connectivity index (χ1) is 6.28. The summed E-state index contributed by atoms with van der Waals surface area (Å²) in [6.45, 7) is 0. The molecule has 14 heavy (non-hydrogen) atoms. The van der Waals surface area contributed by atoms with Crippen molar-refractivity contribution in [1.29, 1.82) is 0 Å². The second kappa shape index (κ2) is 3.26. The van der Waals surface area contributed by atoms with Gasteiger partial charge >= 0.3 is 0 Å². The first-order valence-corrected chi connectivity index (χ1v) is 5.21. The zero-order valence-corrected chi connectivity index (χ0v) is 8.34. The summed E-state index contributed by atoms with van der Waals surface area (Å²) < 4.78 is 30.4. The molecule has 1 rings (SSSR count). The Labute approximate surface area is 85.2 Å². The number of dihydropyridines is 1. The molecule has 0 saturated heterocycles. The highest BCUT2D eigenvalue weighted by Gasteiger charge is 2.44. The molecule has 1 atom stereocenters. The van der Waals surface area contributed by atoms with E-state index < -0.39 is 25.9 Å². The fourth-order valence-electron chi connectivity index (χ4n) is 0.941. The fraction of sp³-hybridized carbons (Fsp3) is 0.167. The largest absolute Gasteiger partial charge is 0.366 e. The molecule has 0 aliphatic carbocycles. The highest BCUT2D eigenvalue weighted by Crippen LogP contribution is 2.28. The van der Waals surface area contributed by atoms with Gasteiger partial charge in [-0.3, -0.25) is 9.35 Å². The molecule has 0 saturated carbocycles. The van der Waals surface area contributed by atoms with Gasteiger partial charge in [0.15, 0.2) is 0 Å². The molecule has 0 bridgehead atoms. The minimum atomic E-state index is -4.56. The van der Waals surface area contributed by atoms with Crippen LogP contribution in [0.25, 0.3) is 0 Å². The van der Waals surface area contributed by atoms with Crippen molar-refractivity contribution < 1.29 is 17.8 Å². The fourth-order valence-corrected chi connectivity index (χ4v) is 2.12. The molecule has 1 aliphatic rings. The number of amides is 1. The van der Waals surface area contributed by atoms with Crippen LogP contribution < -0.4 is 11.1 Å². The molecule has 0 spiro atoms. The van der Waals surface area contributed by atoms with Crippen LogP contribution in [0.5, 0.6) is 0 Å². The maximum Gasteiger partial charge on any atom is 0.294 e. The van der Waals surface area contributed by atoms with Gasteiger partial charge in [0.2, 0.25) is 5.00 Å². The van der Waals surface area contributed by atoms with Crippen LogP contribution in [0, 0.1) is 0 Å². The first kappa shape index (κ1) is 11.0. The lowest BCUT2D eigenvalue weighted by Gasteiger charge is -2.26. The van der Waals surface area contributed by atoms with Gasteiger partial charge in [-0.05, 0) is 18.4 Å². The molecule has 0 aromatic rings. The van der Waals surface area contributed by atoms with Crippen molar-refractivity contribution in [2.24, 2.45) is 5.73 Å². The van der Waals surface area contributed by atoms with E-state index in [4.69, 9.17) is 21.9 Å². The molecule has 8 heteroatoms. The zero-order valence-electron chi connectivity index (χ0n) is 6.77. The van der Waals surface area contributed by atoms with Crippen molar-refractivity contribution in [2.45, 2.75) is 5.00 Å². The molecule has 0 aromatic heterocycles. The van der Waals surface area contributed by atoms with Crippen LogP contribution in [0.1, 0.15) is 0 Å². The summed E-state index contributed by atoms with van der Waals surface area (Å²) in [6.07, 6.45) is 3.50. The third-order valence-corrected chi connectivity index (χ3v) is 3.19. The Kier molecular flexibility index (Phi) is 2.57. The lowest BCUT2D eigenvalue weighted by Crippen LogP contribution is -2.52. The Morgan fingerprint density at radius 3 is 2.57 bits per heavy atom. The quantitative estimate of drug-likeness (QED) is 0.335. The van der Waals surface area contributed by atoms with E-state index in [1.807, 2.05) is 0 Å². The molecule has 1 heterocycles. The lowest BCUT2D eigenvalue weighted by molar-refractivity contribution is -0.120. The van der Waals surface area contributed by atoms with Crippen molar-refractivity contribution in [3.63, 3.8) is 0 Å². The highest BCUT2D eigenvalue weighted by atomic mass is 35.5. The Hall–Kier alpha value is -1.05. The molecule has 0 unspecified atom stereocenters. The molecule has 4 N–H and O–H groups in total. The Morgan fingerprint density at radius 2 is 2.21 bits per heavy atom. The van der Waals surface area contributed by atoms with Crippen LogP contribution in [0.15, 0.2) is 23.3 Å². The summed E-state index contributed by atoms with van der Waals surface area (Å²) in [6, 6.07) is 0. The maximum absolute atomic E-state index is 10.9. The summed E-state index contributed by atoms with van der Waals surface area (Å²) >= 11 is 5.62. The summed E-state index contributed by atoms with van der Waals surface area (Å²) in [5.74, 6) is -1.12. The Morgan fingerprint density at radius 1 is 1.64 bits per heavy atom. The predicted octanol–water partition coefficient (Wildman–Crippen LogP) is -0.705. The van der Waals surface area contributed by atoms with E-state index in [9.17, 15) is 13.2 Å². The second-order valence-corrected chi connectivity index (χ2v) is 4.49. The number of halogens is 1. The normalized spacial score (nSPS) is 26.6. The number of primary amides is 1. The van der Waals surface area contributed by atoms with Gasteiger partial charge < -0.3 is 11.1 Å². The van der Waals surface area contributed by atoms with Crippen molar-refractivity contribution in [3.05, 3.63) is 23.3 Å². The lowest BCUT2D eigenvalue weighted by atomic mass is 10.2. The number of nitrogens with two attached hydrogens (primary N) is 1. The van der Waals surface area contributed by atoms with Gasteiger partial charge in [-0.25, -0.2) is 0 Å². The van der Waals surface area contributed by atoms with Crippen molar-refractivity contribution >= 4 is 27.6 Å². The van der Waals surface area contributed by atoms with Crippen LogP contribution in [0.2, 0.25) is 0 Å². The average Bonchev–Trinajstić information content (AvgIpc) is 2.02. The molecular formula is C6H7ClN2O4S. The van der Waals surface area contributed by atoms with E-state index in [2.05, 4.69) is 5.32 Å². The zero-order chi connectivity index (χ0) is 11.0. The van der Waals surface area contributed by atoms with E-state index in [1.54, 1.807) is 0 Å². The molecule has 1 amide bonds. The van der Waals surface area contributed by atoms with Crippen LogP contribution >= 0.6 is 11.6 Å². The molecule has 1 aliphatic heterocycles. The number of rotatable bonds is 2. The van der Waals surface area contributed by atoms with Gasteiger partial charge in [-0.1, -0.05) is 11.6 Å². The number of hydrogen-bond donors (Lipinski definition) is 3. The van der Waals surface area contributed by atoms with Crippen LogP contribution in [0.4, 0.5) is 0 Å². The monoisotopic (exact) mass is 238 g/mol. The number of carbonyl (C=O) groups excluding carboxylic acids is 1. The van der Waals surface area contributed by atoms with Crippen molar-refractivity contribution in [3.8, 4) is 0 Å². The number of hydrogen-bond acceptors (Lipinski definition) is 4. The number of nitrogens with one attached hydrogen (secondary N) is 1. The third kappa shape index (κ3) is 1.74. The Balaban J connectivity index is 3.32. The minimum absolute atomic E-state index is 0.693. The number of alkyl halides is 1. The van der Waals surface area contributed by atoms with Crippen LogP contribution in [-0.2, 0) is 14.9 Å². The highest BCUT2D eigenvalue weighted by molar-refractivity contribution is 7.90. The van der Waals surface area contributed by atoms with Gasteiger partial charge in [-0.2, -0.15) is 8.42 Å². The summed E-state index contributed by atoms with van der Waals surface area (Å²) in [7, 11) is -4.56. The summed E-state index contributed by atoms with van der Waals surface area (Å²) in [5.41, 5.74) is 4.90. The predicted molar refractivity (Wildman–Crippen MR) is 49.7 cm³/mol. The van der Waals surface area contributed by atoms with Gasteiger partial charge in [0.05, 0.1) is 0 Å². The molecule has 0 fully saturated rings. The molecule has 0 aromatic carbocycles. The van der Waals surface area contributed by atoms with Gasteiger partial charge in [0.25, 0.3) is 16.0 Å². The standard InChI is InChI=1S/C6H7ClN2O4S/c7-6(5(8)10)4(14(11,12)13)2-1-3-9-6/h1-3,9H,(H2,8,10)(H,11,12,13)/t6-/m1/s1. The van der Waals surface area contributed by atoms with Gasteiger partial charge in [0, 0.05) is 0 Å². The van der Waals surface area contributed by atoms with Crippen molar-refractivity contribution in [2.75, 3.05) is 0 Å². The molecule has 0 radical (unpaired) electrons. The van der Waals surface area contributed by atoms with Crippen molar-refractivity contribution in [1.82, 2.24) is 5.32 Å². The average molecular weight is 239 g/mol. The Bertz CT molecular complexity index is 427. The molecule has 6 nitrogen and oxygen atoms in total. The molecule has 78 valence electrons. The topological polar surface area (TPSA) is 109 Å². The third-order valence-electron chi connectivity index (χ3n) is 1.58. The SMILES string of the molecule is NC(=O)[C@]1(Cl)NC=CC=C1S(=O)(=O)O. The van der Waals surface area contributed by atoms with E-state index in [1.165, 1.54) is 12.3 Å². The van der Waals surface area contributed by atoms with E-state index in [0.717, 1.165) is 6.08 Å². The second-order valence-electron chi connectivity index (χ2n) is 2.53. The maximum atomic E-state index is 10.9. The van der Waals surface area contributed by atoms with Gasteiger partial charge in [0.1, 0.15) is 4.91 Å². The molecular weight excluding hydrogens is 232 g/mol. The number of allylic oxidation sites excluding steroid dienone is 2. The number of carbonyl (C=O) groups is 1. The van der Waals surface area contributed by atoms with Gasteiger partial charge in [-0.15, -0.1) is 0 Å². The van der Waals surface area contributed by atoms with Crippen LogP contribution in [-0.4, -0.2) is 23.9 Å². The smallest absolute Gasteiger partial charge is 0.294 e. The first-order valence-electron chi connectivity index (χ1n) is 3.40. The van der Waals surface area contributed by atoms with E-state index >= 15 is 0 Å². The summed E-state index contributed by atoms with van der Waals surface area (Å²) in [5, 5.41) is 2.25. The van der Waals surface area contributed by atoms with E-state index in [-0.39, 0.29) is 0 Å².